The molecule has 1 heterocycles. The fraction of sp³-hybridized carbons (Fsp3) is 0.857. The van der Waals surface area contributed by atoms with Gasteiger partial charge < -0.3 is 20.7 Å². The van der Waals surface area contributed by atoms with Crippen LogP contribution in [0.5, 0.6) is 0 Å². The summed E-state index contributed by atoms with van der Waals surface area (Å²) in [7, 11) is 0. The zero-order valence-electron chi connectivity index (χ0n) is 13.5. The average molecular weight is 316 g/mol. The summed E-state index contributed by atoms with van der Waals surface area (Å²) in [4.78, 5) is 17.7. The molecule has 0 radical (unpaired) electrons. The maximum Gasteiger partial charge on any atom is 0.409 e. The summed E-state index contributed by atoms with van der Waals surface area (Å²) in [5, 5.41) is 3.25. The summed E-state index contributed by atoms with van der Waals surface area (Å²) in [6, 6.07) is 0.275. The normalized spacial score (nSPS) is 17.7. The number of rotatable bonds is 5. The van der Waals surface area contributed by atoms with Crippen LogP contribution in [0.25, 0.3) is 0 Å². The number of guanidine groups is 1. The van der Waals surface area contributed by atoms with Gasteiger partial charge in [0.25, 0.3) is 0 Å². The second-order valence-electron chi connectivity index (χ2n) is 5.77. The van der Waals surface area contributed by atoms with Crippen molar-refractivity contribution in [3.05, 3.63) is 0 Å². The number of likely N-dealkylation sites (tertiary alicyclic amines) is 1. The Bertz CT molecular complexity index is 366. The predicted octanol–water partition coefficient (Wildman–Crippen LogP) is 1.65. The van der Waals surface area contributed by atoms with Gasteiger partial charge in [-0.25, -0.2) is 4.79 Å². The Morgan fingerprint density at radius 3 is 2.62 bits per heavy atom. The van der Waals surface area contributed by atoms with Gasteiger partial charge in [0.1, 0.15) is 0 Å². The van der Waals surface area contributed by atoms with E-state index in [4.69, 9.17) is 10.5 Å². The number of nitrogens with one attached hydrogen (secondary N) is 1. The lowest BCUT2D eigenvalue weighted by atomic mass is 10.1. The molecular formula is C14H28N4O2S. The van der Waals surface area contributed by atoms with Gasteiger partial charge in [0.2, 0.25) is 0 Å². The fourth-order valence-electron chi connectivity index (χ4n) is 2.02. The minimum Gasteiger partial charge on any atom is -0.450 e. The van der Waals surface area contributed by atoms with Crippen LogP contribution in [0.4, 0.5) is 4.79 Å². The van der Waals surface area contributed by atoms with Gasteiger partial charge in [0, 0.05) is 23.9 Å². The first-order valence-corrected chi connectivity index (χ1v) is 8.63. The summed E-state index contributed by atoms with van der Waals surface area (Å²) in [6.07, 6.45) is 3.57. The standard InChI is InChI=1S/C14H28N4O2S/c1-5-20-13(19)18-8-6-11(7-9-18)17-12(15)16-10-14(2,3)21-4/h11H,5-10H2,1-4H3,(H3,15,16,17). The zero-order valence-corrected chi connectivity index (χ0v) is 14.3. The molecule has 3 N–H and O–H groups in total. The highest BCUT2D eigenvalue weighted by Crippen LogP contribution is 2.21. The molecular weight excluding hydrogens is 288 g/mol. The molecule has 1 amide bonds. The van der Waals surface area contributed by atoms with E-state index >= 15 is 0 Å². The van der Waals surface area contributed by atoms with Gasteiger partial charge in [-0.2, -0.15) is 11.8 Å². The van der Waals surface area contributed by atoms with Crippen molar-refractivity contribution in [3.63, 3.8) is 0 Å². The van der Waals surface area contributed by atoms with Crippen molar-refractivity contribution in [1.29, 1.82) is 0 Å². The Morgan fingerprint density at radius 1 is 1.48 bits per heavy atom. The number of amides is 1. The molecule has 0 bridgehead atoms. The number of nitrogens with two attached hydrogens (primary N) is 1. The first-order chi connectivity index (χ1) is 9.88. The molecule has 122 valence electrons. The Morgan fingerprint density at radius 2 is 2.10 bits per heavy atom. The molecule has 0 aliphatic carbocycles. The van der Waals surface area contributed by atoms with E-state index in [9.17, 15) is 4.79 Å². The third-order valence-electron chi connectivity index (χ3n) is 3.56. The number of carbonyl (C=O) groups excluding carboxylic acids is 1. The van der Waals surface area contributed by atoms with Gasteiger partial charge in [-0.1, -0.05) is 0 Å². The van der Waals surface area contributed by atoms with E-state index in [0.717, 1.165) is 12.8 Å². The molecule has 6 nitrogen and oxygen atoms in total. The topological polar surface area (TPSA) is 80.0 Å². The first-order valence-electron chi connectivity index (χ1n) is 7.41. The smallest absolute Gasteiger partial charge is 0.409 e. The van der Waals surface area contributed by atoms with Crippen LogP contribution in [0, 0.1) is 0 Å². The van der Waals surface area contributed by atoms with Gasteiger partial charge in [-0.3, -0.25) is 4.99 Å². The van der Waals surface area contributed by atoms with Crippen LogP contribution in [0.15, 0.2) is 4.99 Å². The van der Waals surface area contributed by atoms with Crippen LogP contribution in [-0.4, -0.2) is 60.2 Å². The molecule has 1 fully saturated rings. The largest absolute Gasteiger partial charge is 0.450 e. The summed E-state index contributed by atoms with van der Waals surface area (Å²) < 4.78 is 5.10. The molecule has 0 aromatic carbocycles. The maximum absolute atomic E-state index is 11.6. The molecule has 0 atom stereocenters. The monoisotopic (exact) mass is 316 g/mol. The van der Waals surface area contributed by atoms with Crippen molar-refractivity contribution in [1.82, 2.24) is 10.2 Å². The average Bonchev–Trinajstić information content (AvgIpc) is 2.46. The maximum atomic E-state index is 11.6. The third-order valence-corrected chi connectivity index (χ3v) is 4.79. The van der Waals surface area contributed by atoms with E-state index in [1.54, 1.807) is 16.7 Å². The van der Waals surface area contributed by atoms with Crippen LogP contribution in [0.3, 0.4) is 0 Å². The van der Waals surface area contributed by atoms with Crippen LogP contribution in [-0.2, 0) is 4.74 Å². The Balaban J connectivity index is 2.35. The van der Waals surface area contributed by atoms with E-state index in [1.807, 2.05) is 6.92 Å². The van der Waals surface area contributed by atoms with Crippen LogP contribution < -0.4 is 11.1 Å². The van der Waals surface area contributed by atoms with Crippen molar-refractivity contribution >= 4 is 23.8 Å². The molecule has 1 rings (SSSR count). The Hall–Kier alpha value is -1.11. The SMILES string of the molecule is CCOC(=O)N1CCC(NC(N)=NCC(C)(C)SC)CC1. The van der Waals surface area contributed by atoms with Crippen LogP contribution in [0.1, 0.15) is 33.6 Å². The van der Waals surface area contributed by atoms with Crippen molar-refractivity contribution in [3.8, 4) is 0 Å². The van der Waals surface area contributed by atoms with Gasteiger partial charge in [0.05, 0.1) is 13.2 Å². The highest BCUT2D eigenvalue weighted by Gasteiger charge is 2.24. The lowest BCUT2D eigenvalue weighted by Gasteiger charge is -2.32. The second-order valence-corrected chi connectivity index (χ2v) is 7.28. The molecule has 7 heteroatoms. The molecule has 0 unspecified atom stereocenters. The van der Waals surface area contributed by atoms with Crippen LogP contribution >= 0.6 is 11.8 Å². The van der Waals surface area contributed by atoms with Crippen molar-refractivity contribution in [2.75, 3.05) is 32.5 Å². The van der Waals surface area contributed by atoms with Gasteiger partial charge in [-0.15, -0.1) is 0 Å². The Kier molecular flexibility index (Phi) is 7.14. The molecule has 0 aromatic heterocycles. The third kappa shape index (κ3) is 6.46. The summed E-state index contributed by atoms with van der Waals surface area (Å²) in [6.45, 7) is 8.61. The Labute approximate surface area is 131 Å². The van der Waals surface area contributed by atoms with E-state index in [1.165, 1.54) is 0 Å². The summed E-state index contributed by atoms with van der Waals surface area (Å²) in [5.41, 5.74) is 5.93. The lowest BCUT2D eigenvalue weighted by molar-refractivity contribution is 0.0963. The summed E-state index contributed by atoms with van der Waals surface area (Å²) in [5.74, 6) is 0.492. The number of aliphatic imine (C=N–C) groups is 1. The molecule has 0 saturated carbocycles. The van der Waals surface area contributed by atoms with Crippen molar-refractivity contribution < 1.29 is 9.53 Å². The molecule has 0 aromatic rings. The molecule has 1 aliphatic heterocycles. The minimum absolute atomic E-state index is 0.0968. The number of piperidine rings is 1. The lowest BCUT2D eigenvalue weighted by Crippen LogP contribution is -2.48. The minimum atomic E-state index is -0.223. The van der Waals surface area contributed by atoms with Crippen molar-refractivity contribution in [2.24, 2.45) is 10.7 Å². The second kappa shape index (κ2) is 8.36. The predicted molar refractivity (Wildman–Crippen MR) is 88.8 cm³/mol. The molecule has 1 aliphatic rings. The number of hydrogen-bond donors (Lipinski definition) is 2. The number of thioether (sulfide) groups is 1. The van der Waals surface area contributed by atoms with Gasteiger partial charge >= 0.3 is 6.09 Å². The highest BCUT2D eigenvalue weighted by atomic mass is 32.2. The molecule has 21 heavy (non-hydrogen) atoms. The number of ether oxygens (including phenoxy) is 1. The number of hydrogen-bond acceptors (Lipinski definition) is 4. The first kappa shape index (κ1) is 17.9. The van der Waals surface area contributed by atoms with E-state index in [2.05, 4.69) is 30.4 Å². The highest BCUT2D eigenvalue weighted by molar-refractivity contribution is 7.99. The number of nitrogens with zero attached hydrogens (tertiary/aromatic N) is 2. The molecule has 1 saturated heterocycles. The molecule has 0 spiro atoms. The van der Waals surface area contributed by atoms with Gasteiger partial charge in [0.15, 0.2) is 5.96 Å². The zero-order chi connectivity index (χ0) is 15.9. The van der Waals surface area contributed by atoms with Gasteiger partial charge in [-0.05, 0) is 39.9 Å². The van der Waals surface area contributed by atoms with Crippen molar-refractivity contribution in [2.45, 2.75) is 44.4 Å². The van der Waals surface area contributed by atoms with Crippen LogP contribution in [0.2, 0.25) is 0 Å². The summed E-state index contributed by atoms with van der Waals surface area (Å²) >= 11 is 1.77. The fourth-order valence-corrected chi connectivity index (χ4v) is 2.21. The van der Waals surface area contributed by atoms with E-state index in [0.29, 0.717) is 32.2 Å². The number of carbonyl (C=O) groups is 1. The quantitative estimate of drug-likeness (QED) is 0.595. The van der Waals surface area contributed by atoms with E-state index in [-0.39, 0.29) is 16.9 Å². The van der Waals surface area contributed by atoms with E-state index < -0.39 is 0 Å².